The van der Waals surface area contributed by atoms with Gasteiger partial charge >= 0.3 is 0 Å². The monoisotopic (exact) mass is 284 g/mol. The summed E-state index contributed by atoms with van der Waals surface area (Å²) in [5.74, 6) is 2.56. The molecule has 1 unspecified atom stereocenters. The first-order chi connectivity index (χ1) is 8.79. The van der Waals surface area contributed by atoms with Gasteiger partial charge in [0, 0.05) is 42.2 Å². The van der Waals surface area contributed by atoms with E-state index in [0.717, 1.165) is 11.4 Å². The van der Waals surface area contributed by atoms with Gasteiger partial charge in [0.05, 0.1) is 0 Å². The fourth-order valence-electron chi connectivity index (χ4n) is 2.34. The van der Waals surface area contributed by atoms with Crippen LogP contribution in [0.15, 0.2) is 24.3 Å². The van der Waals surface area contributed by atoms with Gasteiger partial charge < -0.3 is 10.2 Å². The minimum absolute atomic E-state index is 0.401. The van der Waals surface area contributed by atoms with E-state index < -0.39 is 0 Å². The zero-order valence-corrected chi connectivity index (χ0v) is 12.4. The molecule has 0 radical (unpaired) electrons. The molecule has 0 bridgehead atoms. The molecule has 4 heteroatoms. The summed E-state index contributed by atoms with van der Waals surface area (Å²) in [5.41, 5.74) is 1.29. The highest BCUT2D eigenvalue weighted by Crippen LogP contribution is 2.21. The normalized spacial score (nSPS) is 18.8. The van der Waals surface area contributed by atoms with Crippen molar-refractivity contribution in [3.8, 4) is 0 Å². The molecule has 1 atom stereocenters. The highest BCUT2D eigenvalue weighted by molar-refractivity contribution is 7.99. The Bertz CT molecular complexity index is 367. The Morgan fingerprint density at radius 3 is 2.83 bits per heavy atom. The predicted octanol–water partition coefficient (Wildman–Crippen LogP) is 3.04. The number of nitrogens with one attached hydrogen (secondary N) is 1. The van der Waals surface area contributed by atoms with E-state index in [4.69, 9.17) is 11.6 Å². The molecule has 2 nitrogen and oxygen atoms in total. The lowest BCUT2D eigenvalue weighted by Crippen LogP contribution is -2.35. The molecular formula is C14H21ClN2S. The fraction of sp³-hybridized carbons (Fsp3) is 0.571. The van der Waals surface area contributed by atoms with Crippen molar-refractivity contribution in [2.75, 3.05) is 38.2 Å². The largest absolute Gasteiger partial charge is 0.313 e. The van der Waals surface area contributed by atoms with Gasteiger partial charge in [0.15, 0.2) is 0 Å². The van der Waals surface area contributed by atoms with E-state index >= 15 is 0 Å². The smallest absolute Gasteiger partial charge is 0.0409 e. The second-order valence-electron chi connectivity index (χ2n) is 4.64. The first kappa shape index (κ1) is 14.2. The van der Waals surface area contributed by atoms with Crippen LogP contribution < -0.4 is 5.32 Å². The van der Waals surface area contributed by atoms with Crippen LogP contribution in [0, 0.1) is 0 Å². The van der Waals surface area contributed by atoms with Gasteiger partial charge in [-0.05, 0) is 31.2 Å². The van der Waals surface area contributed by atoms with Gasteiger partial charge in [-0.3, -0.25) is 0 Å². The van der Waals surface area contributed by atoms with Crippen molar-refractivity contribution in [2.24, 2.45) is 0 Å². The van der Waals surface area contributed by atoms with Gasteiger partial charge in [-0.2, -0.15) is 11.8 Å². The molecule has 0 spiro atoms. The Labute approximate surface area is 119 Å². The van der Waals surface area contributed by atoms with Crippen LogP contribution in [0.5, 0.6) is 0 Å². The van der Waals surface area contributed by atoms with Crippen molar-refractivity contribution in [3.63, 3.8) is 0 Å². The van der Waals surface area contributed by atoms with E-state index in [2.05, 4.69) is 34.1 Å². The highest BCUT2D eigenvalue weighted by atomic mass is 35.5. The number of thioether (sulfide) groups is 1. The molecule has 1 heterocycles. The molecule has 1 aromatic carbocycles. The van der Waals surface area contributed by atoms with Gasteiger partial charge in [-0.1, -0.05) is 23.7 Å². The number of rotatable bonds is 5. The first-order valence-corrected chi connectivity index (χ1v) is 8.05. The van der Waals surface area contributed by atoms with E-state index in [1.807, 2.05) is 19.2 Å². The lowest BCUT2D eigenvalue weighted by atomic mass is 10.0. The second-order valence-corrected chi connectivity index (χ2v) is 6.30. The third-order valence-electron chi connectivity index (χ3n) is 3.44. The SMILES string of the molecule is CNC(CCN1CCSCC1)c1cccc(Cl)c1. The highest BCUT2D eigenvalue weighted by Gasteiger charge is 2.14. The van der Waals surface area contributed by atoms with Crippen LogP contribution in [0.1, 0.15) is 18.0 Å². The van der Waals surface area contributed by atoms with Crippen LogP contribution in [0.25, 0.3) is 0 Å². The number of halogens is 1. The average Bonchev–Trinajstić information content (AvgIpc) is 2.41. The van der Waals surface area contributed by atoms with Crippen LogP contribution in [0.3, 0.4) is 0 Å². The molecule has 0 saturated carbocycles. The fourth-order valence-corrected chi connectivity index (χ4v) is 3.51. The summed E-state index contributed by atoms with van der Waals surface area (Å²) < 4.78 is 0. The summed E-state index contributed by atoms with van der Waals surface area (Å²) in [6.07, 6.45) is 1.14. The van der Waals surface area contributed by atoms with Gasteiger partial charge in [0.1, 0.15) is 0 Å². The van der Waals surface area contributed by atoms with Crippen LogP contribution in [0.4, 0.5) is 0 Å². The van der Waals surface area contributed by atoms with Gasteiger partial charge in [0.2, 0.25) is 0 Å². The van der Waals surface area contributed by atoms with Gasteiger partial charge in [-0.25, -0.2) is 0 Å². The third kappa shape index (κ3) is 4.16. The molecule has 100 valence electrons. The van der Waals surface area contributed by atoms with Crippen LogP contribution in [-0.2, 0) is 0 Å². The molecule has 1 saturated heterocycles. The van der Waals surface area contributed by atoms with Crippen molar-refractivity contribution in [3.05, 3.63) is 34.9 Å². The van der Waals surface area contributed by atoms with Crippen LogP contribution in [-0.4, -0.2) is 43.1 Å². The van der Waals surface area contributed by atoms with Crippen LogP contribution in [0.2, 0.25) is 5.02 Å². The van der Waals surface area contributed by atoms with Gasteiger partial charge in [0.25, 0.3) is 0 Å². The standard InChI is InChI=1S/C14H21ClN2S/c1-16-14(12-3-2-4-13(15)11-12)5-6-17-7-9-18-10-8-17/h2-4,11,14,16H,5-10H2,1H3. The summed E-state index contributed by atoms with van der Waals surface area (Å²) in [5, 5.41) is 4.22. The van der Waals surface area contributed by atoms with Gasteiger partial charge in [-0.15, -0.1) is 0 Å². The lowest BCUT2D eigenvalue weighted by Gasteiger charge is -2.28. The maximum atomic E-state index is 6.05. The minimum Gasteiger partial charge on any atom is -0.313 e. The topological polar surface area (TPSA) is 15.3 Å². The maximum Gasteiger partial charge on any atom is 0.0409 e. The van der Waals surface area contributed by atoms with E-state index in [1.54, 1.807) is 0 Å². The summed E-state index contributed by atoms with van der Waals surface area (Å²) in [6.45, 7) is 3.63. The first-order valence-electron chi connectivity index (χ1n) is 6.52. The molecule has 0 aromatic heterocycles. The maximum absolute atomic E-state index is 6.05. The second kappa shape index (κ2) is 7.39. The van der Waals surface area contributed by atoms with E-state index in [1.165, 1.54) is 36.7 Å². The van der Waals surface area contributed by atoms with E-state index in [-0.39, 0.29) is 0 Å². The molecule has 1 aromatic rings. The molecule has 18 heavy (non-hydrogen) atoms. The van der Waals surface area contributed by atoms with Crippen molar-refractivity contribution in [1.82, 2.24) is 10.2 Å². The zero-order valence-electron chi connectivity index (χ0n) is 10.9. The summed E-state index contributed by atoms with van der Waals surface area (Å²) in [7, 11) is 2.03. The third-order valence-corrected chi connectivity index (χ3v) is 4.61. The summed E-state index contributed by atoms with van der Waals surface area (Å²) in [4.78, 5) is 2.56. The van der Waals surface area contributed by atoms with Crippen molar-refractivity contribution >= 4 is 23.4 Å². The van der Waals surface area contributed by atoms with Crippen molar-refractivity contribution < 1.29 is 0 Å². The van der Waals surface area contributed by atoms with E-state index in [0.29, 0.717) is 6.04 Å². The predicted molar refractivity (Wildman–Crippen MR) is 81.6 cm³/mol. The summed E-state index contributed by atoms with van der Waals surface area (Å²) in [6, 6.07) is 8.57. The number of hydrogen-bond donors (Lipinski definition) is 1. The zero-order chi connectivity index (χ0) is 12.8. The lowest BCUT2D eigenvalue weighted by molar-refractivity contribution is 0.283. The minimum atomic E-state index is 0.401. The number of nitrogens with zero attached hydrogens (tertiary/aromatic N) is 1. The average molecular weight is 285 g/mol. The molecule has 1 aliphatic rings. The Balaban J connectivity index is 1.88. The Morgan fingerprint density at radius 2 is 2.17 bits per heavy atom. The Morgan fingerprint density at radius 1 is 1.39 bits per heavy atom. The van der Waals surface area contributed by atoms with Crippen LogP contribution >= 0.6 is 23.4 Å². The number of benzene rings is 1. The Kier molecular flexibility index (Phi) is 5.83. The molecule has 0 amide bonds. The number of hydrogen-bond acceptors (Lipinski definition) is 3. The van der Waals surface area contributed by atoms with E-state index in [9.17, 15) is 0 Å². The van der Waals surface area contributed by atoms with Crippen molar-refractivity contribution in [2.45, 2.75) is 12.5 Å². The molecule has 2 rings (SSSR count). The molecule has 1 aliphatic heterocycles. The summed E-state index contributed by atoms with van der Waals surface area (Å²) >= 11 is 8.12. The molecule has 0 aliphatic carbocycles. The molecular weight excluding hydrogens is 264 g/mol. The Hall–Kier alpha value is -0.220. The van der Waals surface area contributed by atoms with Crippen molar-refractivity contribution in [1.29, 1.82) is 0 Å². The quantitative estimate of drug-likeness (QED) is 0.895. The molecule has 1 N–H and O–H groups in total. The molecule has 1 fully saturated rings.